The molecule has 1 amide bonds. The fraction of sp³-hybridized carbons (Fsp3) is 0.682. The molecule has 1 N–H and O–H groups in total. The van der Waals surface area contributed by atoms with Crippen molar-refractivity contribution in [3.8, 4) is 0 Å². The molecule has 1 aliphatic rings. The summed E-state index contributed by atoms with van der Waals surface area (Å²) in [6.45, 7) is 6.94. The molecule has 2 rings (SSSR count). The van der Waals surface area contributed by atoms with Crippen LogP contribution in [0.3, 0.4) is 0 Å². The number of hydrogen-bond acceptors (Lipinski definition) is 2. The van der Waals surface area contributed by atoms with Gasteiger partial charge in [0.2, 0.25) is 5.91 Å². The highest BCUT2D eigenvalue weighted by Gasteiger charge is 2.15. The molecule has 0 spiro atoms. The van der Waals surface area contributed by atoms with Gasteiger partial charge in [0.25, 0.3) is 0 Å². The molecule has 0 aromatic heterocycles. The van der Waals surface area contributed by atoms with Crippen LogP contribution in [0.2, 0.25) is 0 Å². The summed E-state index contributed by atoms with van der Waals surface area (Å²) in [7, 11) is 0. The van der Waals surface area contributed by atoms with E-state index in [1.807, 2.05) is 0 Å². The van der Waals surface area contributed by atoms with Crippen LogP contribution in [0.1, 0.15) is 83.1 Å². The van der Waals surface area contributed by atoms with Gasteiger partial charge < -0.3 is 5.32 Å². The van der Waals surface area contributed by atoms with Crippen LogP contribution in [0.15, 0.2) is 24.3 Å². The molecule has 1 aromatic rings. The number of rotatable bonds is 10. The molecule has 140 valence electrons. The SMILES string of the molecule is CCCCN(CCCC)CC(=O)Nc1ccc(C2CCCCC2)cc1. The van der Waals surface area contributed by atoms with E-state index < -0.39 is 0 Å². The van der Waals surface area contributed by atoms with Gasteiger partial charge in [0.05, 0.1) is 6.54 Å². The number of anilines is 1. The number of nitrogens with one attached hydrogen (secondary N) is 1. The maximum atomic E-state index is 12.4. The Morgan fingerprint density at radius 1 is 1.00 bits per heavy atom. The van der Waals surface area contributed by atoms with Gasteiger partial charge in [-0.15, -0.1) is 0 Å². The zero-order valence-electron chi connectivity index (χ0n) is 16.2. The van der Waals surface area contributed by atoms with Crippen LogP contribution in [0.5, 0.6) is 0 Å². The van der Waals surface area contributed by atoms with Crippen molar-refractivity contribution in [3.63, 3.8) is 0 Å². The first-order chi connectivity index (χ1) is 12.2. The number of hydrogen-bond donors (Lipinski definition) is 1. The summed E-state index contributed by atoms with van der Waals surface area (Å²) in [6.07, 6.45) is 11.4. The van der Waals surface area contributed by atoms with Gasteiger partial charge >= 0.3 is 0 Å². The lowest BCUT2D eigenvalue weighted by Crippen LogP contribution is -2.34. The van der Waals surface area contributed by atoms with E-state index in [1.165, 1.54) is 50.5 Å². The topological polar surface area (TPSA) is 32.3 Å². The Kier molecular flexibility index (Phi) is 9.03. The second kappa shape index (κ2) is 11.3. The molecule has 1 fully saturated rings. The fourth-order valence-electron chi connectivity index (χ4n) is 3.71. The Morgan fingerprint density at radius 3 is 2.16 bits per heavy atom. The van der Waals surface area contributed by atoms with Crippen molar-refractivity contribution in [2.24, 2.45) is 0 Å². The van der Waals surface area contributed by atoms with Crippen LogP contribution in [0.25, 0.3) is 0 Å². The normalized spacial score (nSPS) is 15.5. The standard InChI is InChI=1S/C22H36N2O/c1-3-5-16-24(17-6-4-2)18-22(25)23-21-14-12-20(13-15-21)19-10-8-7-9-11-19/h12-15,19H,3-11,16-18H2,1-2H3,(H,23,25). The van der Waals surface area contributed by atoms with E-state index in [-0.39, 0.29) is 5.91 Å². The van der Waals surface area contributed by atoms with Gasteiger partial charge in [-0.25, -0.2) is 0 Å². The average Bonchev–Trinajstić information content (AvgIpc) is 2.65. The summed E-state index contributed by atoms with van der Waals surface area (Å²) in [5, 5.41) is 3.07. The first kappa shape index (κ1) is 20.0. The molecule has 0 heterocycles. The molecular weight excluding hydrogens is 308 g/mol. The molecule has 0 saturated heterocycles. The first-order valence-electron chi connectivity index (χ1n) is 10.3. The Balaban J connectivity index is 1.83. The van der Waals surface area contributed by atoms with E-state index in [4.69, 9.17) is 0 Å². The predicted molar refractivity (Wildman–Crippen MR) is 107 cm³/mol. The highest BCUT2D eigenvalue weighted by atomic mass is 16.2. The minimum atomic E-state index is 0.109. The van der Waals surface area contributed by atoms with Crippen molar-refractivity contribution >= 4 is 11.6 Å². The molecule has 0 atom stereocenters. The molecule has 3 nitrogen and oxygen atoms in total. The number of unbranched alkanes of at least 4 members (excludes halogenated alkanes) is 2. The molecule has 0 aliphatic heterocycles. The van der Waals surface area contributed by atoms with Crippen molar-refractivity contribution < 1.29 is 4.79 Å². The molecule has 0 unspecified atom stereocenters. The molecule has 0 bridgehead atoms. The molecule has 1 aliphatic carbocycles. The molecule has 25 heavy (non-hydrogen) atoms. The predicted octanol–water partition coefficient (Wildman–Crippen LogP) is 5.58. The largest absolute Gasteiger partial charge is 0.325 e. The number of nitrogens with zero attached hydrogens (tertiary/aromatic N) is 1. The maximum Gasteiger partial charge on any atom is 0.238 e. The van der Waals surface area contributed by atoms with E-state index in [0.717, 1.165) is 37.5 Å². The van der Waals surface area contributed by atoms with Crippen molar-refractivity contribution in [1.82, 2.24) is 4.90 Å². The Bertz CT molecular complexity index is 483. The van der Waals surface area contributed by atoms with Gasteiger partial charge in [-0.05, 0) is 62.4 Å². The van der Waals surface area contributed by atoms with E-state index >= 15 is 0 Å². The summed E-state index contributed by atoms with van der Waals surface area (Å²) >= 11 is 0. The monoisotopic (exact) mass is 344 g/mol. The smallest absolute Gasteiger partial charge is 0.238 e. The second-order valence-electron chi connectivity index (χ2n) is 7.49. The third kappa shape index (κ3) is 7.19. The first-order valence-corrected chi connectivity index (χ1v) is 10.3. The van der Waals surface area contributed by atoms with E-state index in [2.05, 4.69) is 48.3 Å². The van der Waals surface area contributed by atoms with Gasteiger partial charge in [-0.3, -0.25) is 9.69 Å². The zero-order chi connectivity index (χ0) is 17.9. The van der Waals surface area contributed by atoms with Gasteiger partial charge in [-0.1, -0.05) is 58.1 Å². The van der Waals surface area contributed by atoms with Crippen LogP contribution < -0.4 is 5.32 Å². The third-order valence-corrected chi connectivity index (χ3v) is 5.29. The molecule has 1 saturated carbocycles. The summed E-state index contributed by atoms with van der Waals surface area (Å²) in [6, 6.07) is 8.56. The minimum absolute atomic E-state index is 0.109. The third-order valence-electron chi connectivity index (χ3n) is 5.29. The average molecular weight is 345 g/mol. The molecule has 1 aromatic carbocycles. The Labute approximate surface area is 154 Å². The Morgan fingerprint density at radius 2 is 1.60 bits per heavy atom. The van der Waals surface area contributed by atoms with E-state index in [9.17, 15) is 4.79 Å². The lowest BCUT2D eigenvalue weighted by atomic mass is 9.84. The number of carbonyl (C=O) groups excluding carboxylic acids is 1. The van der Waals surface area contributed by atoms with Gasteiger partial charge in [0.1, 0.15) is 0 Å². The van der Waals surface area contributed by atoms with Crippen LogP contribution in [0.4, 0.5) is 5.69 Å². The van der Waals surface area contributed by atoms with Crippen molar-refractivity contribution in [1.29, 1.82) is 0 Å². The number of amides is 1. The van der Waals surface area contributed by atoms with Gasteiger partial charge in [-0.2, -0.15) is 0 Å². The van der Waals surface area contributed by atoms with Crippen molar-refractivity contribution in [2.45, 2.75) is 77.6 Å². The van der Waals surface area contributed by atoms with Crippen molar-refractivity contribution in [2.75, 3.05) is 25.0 Å². The van der Waals surface area contributed by atoms with Crippen LogP contribution >= 0.6 is 0 Å². The van der Waals surface area contributed by atoms with Crippen LogP contribution in [-0.2, 0) is 4.79 Å². The zero-order valence-corrected chi connectivity index (χ0v) is 16.2. The van der Waals surface area contributed by atoms with Crippen molar-refractivity contribution in [3.05, 3.63) is 29.8 Å². The highest BCUT2D eigenvalue weighted by Crippen LogP contribution is 2.32. The lowest BCUT2D eigenvalue weighted by molar-refractivity contribution is -0.117. The number of benzene rings is 1. The quantitative estimate of drug-likeness (QED) is 0.601. The fourth-order valence-corrected chi connectivity index (χ4v) is 3.71. The summed E-state index contributed by atoms with van der Waals surface area (Å²) in [5.41, 5.74) is 2.36. The molecular formula is C22H36N2O. The van der Waals surface area contributed by atoms with Crippen LogP contribution in [-0.4, -0.2) is 30.4 Å². The maximum absolute atomic E-state index is 12.4. The minimum Gasteiger partial charge on any atom is -0.325 e. The summed E-state index contributed by atoms with van der Waals surface area (Å²) < 4.78 is 0. The lowest BCUT2D eigenvalue weighted by Gasteiger charge is -2.22. The van der Waals surface area contributed by atoms with E-state index in [0.29, 0.717) is 6.54 Å². The van der Waals surface area contributed by atoms with Crippen LogP contribution in [0, 0.1) is 0 Å². The number of carbonyl (C=O) groups is 1. The highest BCUT2D eigenvalue weighted by molar-refractivity contribution is 5.92. The van der Waals surface area contributed by atoms with Gasteiger partial charge in [0.15, 0.2) is 0 Å². The summed E-state index contributed by atoms with van der Waals surface area (Å²) in [4.78, 5) is 14.7. The van der Waals surface area contributed by atoms with Gasteiger partial charge in [0, 0.05) is 5.69 Å². The molecule has 3 heteroatoms. The van der Waals surface area contributed by atoms with E-state index in [1.54, 1.807) is 0 Å². The second-order valence-corrected chi connectivity index (χ2v) is 7.49. The Hall–Kier alpha value is -1.35. The summed E-state index contributed by atoms with van der Waals surface area (Å²) in [5.74, 6) is 0.828. The molecule has 0 radical (unpaired) electrons.